The maximum atomic E-state index is 12.5. The molecule has 6 N–H and O–H groups in total. The highest BCUT2D eigenvalue weighted by Crippen LogP contribution is 2.34. The van der Waals surface area contributed by atoms with Crippen LogP contribution in [0.3, 0.4) is 0 Å². The number of esters is 3. The highest BCUT2D eigenvalue weighted by Gasteiger charge is 2.52. The van der Waals surface area contributed by atoms with Gasteiger partial charge < -0.3 is 44.8 Å². The summed E-state index contributed by atoms with van der Waals surface area (Å²) >= 11 is 0. The Morgan fingerprint density at radius 3 is 1.79 bits per heavy atom. The summed E-state index contributed by atoms with van der Waals surface area (Å²) in [6, 6.07) is 7.61. The predicted octanol–water partition coefficient (Wildman–Crippen LogP) is 1.12. The molecule has 1 fully saturated rings. The fourth-order valence-electron chi connectivity index (χ4n) is 3.84. The summed E-state index contributed by atoms with van der Waals surface area (Å²) in [6.45, 7) is 0. The lowest BCUT2D eigenvalue weighted by Gasteiger charge is -2.41. The number of aromatic hydroxyl groups is 4. The van der Waals surface area contributed by atoms with Crippen LogP contribution in [0, 0.1) is 0 Å². The van der Waals surface area contributed by atoms with Crippen LogP contribution >= 0.6 is 0 Å². The van der Waals surface area contributed by atoms with Gasteiger partial charge in [0.25, 0.3) is 0 Å². The third-order valence-electron chi connectivity index (χ3n) is 5.74. The van der Waals surface area contributed by atoms with E-state index >= 15 is 0 Å². The molecular weight excluding hydrogens is 504 g/mol. The van der Waals surface area contributed by atoms with Crippen molar-refractivity contribution in [3.05, 3.63) is 59.7 Å². The van der Waals surface area contributed by atoms with Crippen molar-refractivity contribution >= 4 is 30.1 Å². The van der Waals surface area contributed by atoms with Crippen LogP contribution in [0.15, 0.2) is 48.6 Å². The largest absolute Gasteiger partial charge is 0.504 e. The first kappa shape index (κ1) is 28.0. The Morgan fingerprint density at radius 1 is 0.816 bits per heavy atom. The Kier molecular flexibility index (Phi) is 8.61. The number of phenols is 4. The van der Waals surface area contributed by atoms with Gasteiger partial charge in [0.2, 0.25) is 0 Å². The molecule has 0 aliphatic heterocycles. The number of hydrogen-bond donors (Lipinski definition) is 6. The lowest BCUT2D eigenvalue weighted by Crippen LogP contribution is -2.58. The maximum Gasteiger partial charge on any atom is 0.338 e. The summed E-state index contributed by atoms with van der Waals surface area (Å²) in [5.74, 6) is -4.57. The summed E-state index contributed by atoms with van der Waals surface area (Å²) in [5, 5.41) is 59.2. The Hall–Kier alpha value is -4.55. The van der Waals surface area contributed by atoms with Crippen LogP contribution in [-0.4, -0.2) is 79.6 Å². The zero-order valence-corrected chi connectivity index (χ0v) is 20.1. The van der Waals surface area contributed by atoms with Gasteiger partial charge in [-0.1, -0.05) is 12.1 Å². The van der Waals surface area contributed by atoms with Crippen molar-refractivity contribution in [2.75, 3.05) is 7.11 Å². The number of carbonyl (C=O) groups is 3. The number of benzene rings is 2. The molecule has 0 amide bonds. The molecule has 12 heteroatoms. The summed E-state index contributed by atoms with van der Waals surface area (Å²) in [7, 11) is 1.03. The molecule has 0 saturated heterocycles. The Labute approximate surface area is 216 Å². The number of rotatable bonds is 7. The molecule has 202 valence electrons. The monoisotopic (exact) mass is 530 g/mol. The highest BCUT2D eigenvalue weighted by molar-refractivity contribution is 5.88. The van der Waals surface area contributed by atoms with E-state index in [4.69, 9.17) is 9.47 Å². The maximum absolute atomic E-state index is 12.5. The van der Waals surface area contributed by atoms with Gasteiger partial charge in [-0.15, -0.1) is 0 Å². The Morgan fingerprint density at radius 2 is 1.32 bits per heavy atom. The van der Waals surface area contributed by atoms with E-state index in [1.165, 1.54) is 48.6 Å². The first-order valence-electron chi connectivity index (χ1n) is 11.2. The van der Waals surface area contributed by atoms with E-state index in [1.807, 2.05) is 0 Å². The number of phenolic OH excluding ortho intramolecular Hbond substituents is 4. The molecule has 1 aliphatic rings. The second-order valence-corrected chi connectivity index (χ2v) is 8.54. The van der Waals surface area contributed by atoms with Crippen LogP contribution in [-0.2, 0) is 28.6 Å². The smallest absolute Gasteiger partial charge is 0.338 e. The molecule has 3 rings (SSSR count). The third-order valence-corrected chi connectivity index (χ3v) is 5.74. The van der Waals surface area contributed by atoms with Crippen LogP contribution in [0.25, 0.3) is 12.2 Å². The van der Waals surface area contributed by atoms with E-state index in [0.717, 1.165) is 19.3 Å². The van der Waals surface area contributed by atoms with Crippen molar-refractivity contribution in [3.8, 4) is 23.0 Å². The number of hydrogen-bond acceptors (Lipinski definition) is 12. The molecular formula is C26H26O12. The van der Waals surface area contributed by atoms with Gasteiger partial charge in [-0.3, -0.25) is 0 Å². The van der Waals surface area contributed by atoms with Gasteiger partial charge in [0.1, 0.15) is 6.10 Å². The summed E-state index contributed by atoms with van der Waals surface area (Å²) in [6.07, 6.45) is -1.24. The van der Waals surface area contributed by atoms with E-state index in [1.54, 1.807) is 0 Å². The molecule has 0 spiro atoms. The molecule has 0 bridgehead atoms. The standard InChI is InChI=1S/C26H26O12/c1-36-25(34)26(35)12-20(31)24(38-23(33)9-5-15-3-7-17(28)19(30)11-15)21(13-26)37-22(32)8-4-14-2-6-16(27)18(29)10-14/h2-11,20-21,24,27-31,35H,12-13H2,1H3/t20-,21-,24-,26+/m0/s1. The molecule has 4 atom stereocenters. The van der Waals surface area contributed by atoms with Crippen molar-refractivity contribution in [1.29, 1.82) is 0 Å². The molecule has 2 aromatic carbocycles. The van der Waals surface area contributed by atoms with E-state index in [-0.39, 0.29) is 11.5 Å². The Bertz CT molecular complexity index is 1270. The predicted molar refractivity (Wildman–Crippen MR) is 130 cm³/mol. The van der Waals surface area contributed by atoms with Crippen LogP contribution in [0.2, 0.25) is 0 Å². The van der Waals surface area contributed by atoms with Gasteiger partial charge in [0, 0.05) is 25.0 Å². The topological polar surface area (TPSA) is 200 Å². The number of methoxy groups -OCH3 is 1. The van der Waals surface area contributed by atoms with E-state index in [9.17, 15) is 45.0 Å². The fraction of sp³-hybridized carbons (Fsp3) is 0.269. The Balaban J connectivity index is 1.77. The summed E-state index contributed by atoms with van der Waals surface area (Å²) < 4.78 is 15.2. The van der Waals surface area contributed by atoms with Crippen molar-refractivity contribution in [1.82, 2.24) is 0 Å². The molecule has 0 heterocycles. The van der Waals surface area contributed by atoms with Crippen molar-refractivity contribution in [3.63, 3.8) is 0 Å². The zero-order valence-electron chi connectivity index (χ0n) is 20.1. The average Bonchev–Trinajstić information content (AvgIpc) is 2.87. The fourth-order valence-corrected chi connectivity index (χ4v) is 3.84. The molecule has 0 aromatic heterocycles. The van der Waals surface area contributed by atoms with Crippen LogP contribution in [0.4, 0.5) is 0 Å². The van der Waals surface area contributed by atoms with E-state index in [2.05, 4.69) is 4.74 Å². The van der Waals surface area contributed by atoms with Gasteiger partial charge in [-0.2, -0.15) is 0 Å². The van der Waals surface area contributed by atoms with Gasteiger partial charge in [-0.25, -0.2) is 14.4 Å². The number of aliphatic hydroxyl groups is 2. The van der Waals surface area contributed by atoms with Crippen LogP contribution in [0.5, 0.6) is 23.0 Å². The minimum atomic E-state index is -2.23. The summed E-state index contributed by atoms with van der Waals surface area (Å²) in [4.78, 5) is 37.1. The van der Waals surface area contributed by atoms with Gasteiger partial charge in [0.15, 0.2) is 34.7 Å². The van der Waals surface area contributed by atoms with Gasteiger partial charge in [-0.05, 0) is 47.5 Å². The van der Waals surface area contributed by atoms with Crippen molar-refractivity contribution in [2.24, 2.45) is 0 Å². The minimum absolute atomic E-state index is 0.334. The number of aliphatic hydroxyl groups excluding tert-OH is 1. The number of ether oxygens (including phenoxy) is 3. The SMILES string of the molecule is COC(=O)[C@]1(O)C[C@H](OC(=O)C=Cc2ccc(O)c(O)c2)[C@@H](OC(=O)C=Cc2ccc(O)c(O)c2)[C@@H](O)C1. The lowest BCUT2D eigenvalue weighted by molar-refractivity contribution is -0.206. The summed E-state index contributed by atoms with van der Waals surface area (Å²) in [5.41, 5.74) is -1.55. The quantitative estimate of drug-likeness (QED) is 0.129. The molecule has 0 unspecified atom stereocenters. The van der Waals surface area contributed by atoms with Crippen LogP contribution < -0.4 is 0 Å². The molecule has 1 saturated carbocycles. The first-order chi connectivity index (χ1) is 17.9. The molecule has 0 radical (unpaired) electrons. The van der Waals surface area contributed by atoms with Crippen LogP contribution in [0.1, 0.15) is 24.0 Å². The van der Waals surface area contributed by atoms with Crippen molar-refractivity contribution < 1.29 is 59.2 Å². The molecule has 1 aliphatic carbocycles. The third kappa shape index (κ3) is 6.81. The minimum Gasteiger partial charge on any atom is -0.504 e. The van der Waals surface area contributed by atoms with Gasteiger partial charge >= 0.3 is 17.9 Å². The van der Waals surface area contributed by atoms with E-state index in [0.29, 0.717) is 11.1 Å². The second-order valence-electron chi connectivity index (χ2n) is 8.54. The average molecular weight is 530 g/mol. The second kappa shape index (κ2) is 11.7. The molecule has 12 nitrogen and oxygen atoms in total. The van der Waals surface area contributed by atoms with Gasteiger partial charge in [0.05, 0.1) is 13.2 Å². The molecule has 38 heavy (non-hydrogen) atoms. The highest BCUT2D eigenvalue weighted by atomic mass is 16.6. The van der Waals surface area contributed by atoms with E-state index < -0.39 is 66.2 Å². The molecule has 2 aromatic rings. The normalized spacial score (nSPS) is 23.3. The van der Waals surface area contributed by atoms with Crippen molar-refractivity contribution in [2.45, 2.75) is 36.8 Å². The first-order valence-corrected chi connectivity index (χ1v) is 11.2. The number of carbonyl (C=O) groups excluding carboxylic acids is 3. The lowest BCUT2D eigenvalue weighted by atomic mass is 9.79. The zero-order chi connectivity index (χ0) is 28.0.